The van der Waals surface area contributed by atoms with E-state index in [2.05, 4.69) is 33.6 Å². The number of rotatable bonds is 6. The fraction of sp³-hybridized carbons (Fsp3) is 0.368. The molecule has 3 aromatic rings. The summed E-state index contributed by atoms with van der Waals surface area (Å²) < 4.78 is 7.50. The first-order valence-corrected chi connectivity index (χ1v) is 8.35. The summed E-state index contributed by atoms with van der Waals surface area (Å²) in [5, 5.41) is 0. The van der Waals surface area contributed by atoms with Gasteiger partial charge in [-0.25, -0.2) is 9.97 Å². The number of methoxy groups -OCH3 is 1. The van der Waals surface area contributed by atoms with E-state index in [4.69, 9.17) is 9.72 Å². The Bertz CT molecular complexity index is 829. The van der Waals surface area contributed by atoms with Gasteiger partial charge in [-0.05, 0) is 43.7 Å². The molecule has 0 saturated heterocycles. The Morgan fingerprint density at radius 1 is 1.12 bits per heavy atom. The highest BCUT2D eigenvalue weighted by Gasteiger charge is 2.15. The molecule has 0 spiro atoms. The minimum atomic E-state index is 0. The van der Waals surface area contributed by atoms with Gasteiger partial charge in [0.2, 0.25) is 0 Å². The number of halogens is 1. The average molecular weight is 361 g/mol. The summed E-state index contributed by atoms with van der Waals surface area (Å²) in [7, 11) is 3.72. The summed E-state index contributed by atoms with van der Waals surface area (Å²) in [6.07, 6.45) is 4.42. The quantitative estimate of drug-likeness (QED) is 0.637. The van der Waals surface area contributed by atoms with E-state index in [1.54, 1.807) is 7.11 Å². The second-order valence-corrected chi connectivity index (χ2v) is 5.95. The van der Waals surface area contributed by atoms with Crippen LogP contribution < -0.4 is 9.64 Å². The van der Waals surface area contributed by atoms with E-state index in [-0.39, 0.29) is 12.4 Å². The lowest BCUT2D eigenvalue weighted by Crippen LogP contribution is -2.14. The molecule has 0 aliphatic carbocycles. The molecular weight excluding hydrogens is 336 g/mol. The fourth-order valence-corrected chi connectivity index (χ4v) is 2.88. The van der Waals surface area contributed by atoms with Gasteiger partial charge < -0.3 is 14.2 Å². The number of nitrogens with zero attached hydrogens (tertiary/aromatic N) is 4. The van der Waals surface area contributed by atoms with Crippen LogP contribution in [-0.2, 0) is 6.54 Å². The van der Waals surface area contributed by atoms with Crippen LogP contribution in [0.1, 0.15) is 25.6 Å². The van der Waals surface area contributed by atoms with Gasteiger partial charge in [-0.2, -0.15) is 0 Å². The summed E-state index contributed by atoms with van der Waals surface area (Å²) in [6, 6.07) is 10.1. The molecule has 0 N–H and O–H groups in total. The SMILES string of the molecule is CCCCn1ccc2nc(C)nc(N(C)c3ccc(OC)cc3)c21.Cl. The van der Waals surface area contributed by atoms with Gasteiger partial charge in [-0.15, -0.1) is 12.4 Å². The molecule has 0 saturated carbocycles. The van der Waals surface area contributed by atoms with Crippen LogP contribution >= 0.6 is 12.4 Å². The zero-order chi connectivity index (χ0) is 17.1. The smallest absolute Gasteiger partial charge is 0.161 e. The molecule has 5 nitrogen and oxygen atoms in total. The van der Waals surface area contributed by atoms with Gasteiger partial charge in [0.05, 0.1) is 12.6 Å². The Kier molecular flexibility index (Phi) is 6.26. The normalized spacial score (nSPS) is 10.6. The molecule has 2 aromatic heterocycles. The Morgan fingerprint density at radius 3 is 2.48 bits per heavy atom. The fourth-order valence-electron chi connectivity index (χ4n) is 2.88. The van der Waals surface area contributed by atoms with Gasteiger partial charge in [-0.3, -0.25) is 0 Å². The number of benzene rings is 1. The predicted molar refractivity (Wildman–Crippen MR) is 105 cm³/mol. The number of ether oxygens (including phenoxy) is 1. The van der Waals surface area contributed by atoms with Crippen molar-refractivity contribution in [3.8, 4) is 5.75 Å². The van der Waals surface area contributed by atoms with E-state index in [1.807, 2.05) is 38.2 Å². The van der Waals surface area contributed by atoms with E-state index in [1.165, 1.54) is 0 Å². The van der Waals surface area contributed by atoms with Gasteiger partial charge in [0.25, 0.3) is 0 Å². The molecule has 0 bridgehead atoms. The topological polar surface area (TPSA) is 43.2 Å². The molecule has 0 amide bonds. The van der Waals surface area contributed by atoms with Crippen LogP contribution in [0.5, 0.6) is 5.75 Å². The van der Waals surface area contributed by atoms with Crippen LogP contribution in [0.25, 0.3) is 11.0 Å². The molecule has 134 valence electrons. The van der Waals surface area contributed by atoms with E-state index < -0.39 is 0 Å². The largest absolute Gasteiger partial charge is 0.497 e. The molecule has 1 aromatic carbocycles. The van der Waals surface area contributed by atoms with Gasteiger partial charge >= 0.3 is 0 Å². The van der Waals surface area contributed by atoms with Crippen LogP contribution in [0.3, 0.4) is 0 Å². The molecule has 3 rings (SSSR count). The molecule has 2 heterocycles. The maximum atomic E-state index is 5.25. The first kappa shape index (κ1) is 19.1. The Morgan fingerprint density at radius 2 is 1.84 bits per heavy atom. The highest BCUT2D eigenvalue weighted by atomic mass is 35.5. The van der Waals surface area contributed by atoms with Crippen molar-refractivity contribution in [1.29, 1.82) is 0 Å². The number of anilines is 2. The summed E-state index contributed by atoms with van der Waals surface area (Å²) in [6.45, 7) is 5.13. The molecule has 0 unspecified atom stereocenters. The number of aromatic nitrogens is 3. The van der Waals surface area contributed by atoms with Crippen molar-refractivity contribution in [3.63, 3.8) is 0 Å². The Hall–Kier alpha value is -2.27. The van der Waals surface area contributed by atoms with Crippen LogP contribution in [0, 0.1) is 6.92 Å². The minimum Gasteiger partial charge on any atom is -0.497 e. The van der Waals surface area contributed by atoms with Crippen LogP contribution in [-0.4, -0.2) is 28.7 Å². The van der Waals surface area contributed by atoms with Gasteiger partial charge in [0.15, 0.2) is 5.82 Å². The van der Waals surface area contributed by atoms with Crippen LogP contribution in [0.4, 0.5) is 11.5 Å². The standard InChI is InChI=1S/C19H24N4O.ClH/c1-5-6-12-23-13-11-17-18(23)19(21-14(2)20-17)22(3)15-7-9-16(24-4)10-8-15;/h7-11,13H,5-6,12H2,1-4H3;1H. The zero-order valence-corrected chi connectivity index (χ0v) is 16.0. The Labute approximate surface area is 155 Å². The highest BCUT2D eigenvalue weighted by Crippen LogP contribution is 2.30. The second kappa shape index (κ2) is 8.21. The third kappa shape index (κ3) is 3.87. The highest BCUT2D eigenvalue weighted by molar-refractivity contribution is 5.89. The first-order chi connectivity index (χ1) is 11.6. The maximum absolute atomic E-state index is 5.25. The zero-order valence-electron chi connectivity index (χ0n) is 15.2. The lowest BCUT2D eigenvalue weighted by molar-refractivity contribution is 0.415. The molecule has 0 atom stereocenters. The summed E-state index contributed by atoms with van der Waals surface area (Å²) in [4.78, 5) is 11.4. The molecular formula is C19H25ClN4O. The van der Waals surface area contributed by atoms with Gasteiger partial charge in [0.1, 0.15) is 17.1 Å². The molecule has 0 fully saturated rings. The van der Waals surface area contributed by atoms with E-state index in [9.17, 15) is 0 Å². The van der Waals surface area contributed by atoms with Gasteiger partial charge in [0, 0.05) is 25.5 Å². The summed E-state index contributed by atoms with van der Waals surface area (Å²) in [5.74, 6) is 2.57. The molecule has 0 aliphatic rings. The summed E-state index contributed by atoms with van der Waals surface area (Å²) in [5.41, 5.74) is 3.15. The van der Waals surface area contributed by atoms with Crippen molar-refractivity contribution in [2.24, 2.45) is 0 Å². The third-order valence-electron chi connectivity index (χ3n) is 4.23. The van der Waals surface area contributed by atoms with E-state index >= 15 is 0 Å². The van der Waals surface area contributed by atoms with Gasteiger partial charge in [-0.1, -0.05) is 13.3 Å². The van der Waals surface area contributed by atoms with Crippen molar-refractivity contribution >= 4 is 34.9 Å². The number of aryl methyl sites for hydroxylation is 2. The average Bonchev–Trinajstić information content (AvgIpc) is 3.01. The van der Waals surface area contributed by atoms with Crippen molar-refractivity contribution in [1.82, 2.24) is 14.5 Å². The lowest BCUT2D eigenvalue weighted by atomic mass is 10.2. The summed E-state index contributed by atoms with van der Waals surface area (Å²) >= 11 is 0. The number of unbranched alkanes of at least 4 members (excludes halogenated alkanes) is 1. The van der Waals surface area contributed by atoms with Crippen molar-refractivity contribution in [2.45, 2.75) is 33.2 Å². The number of fused-ring (bicyclic) bond motifs is 1. The predicted octanol–water partition coefficient (Wildman–Crippen LogP) is 4.74. The lowest BCUT2D eigenvalue weighted by Gasteiger charge is -2.21. The monoisotopic (exact) mass is 360 g/mol. The van der Waals surface area contributed by atoms with Crippen LogP contribution in [0.2, 0.25) is 0 Å². The third-order valence-corrected chi connectivity index (χ3v) is 4.23. The van der Waals surface area contributed by atoms with Crippen molar-refractivity contribution in [2.75, 3.05) is 19.1 Å². The first-order valence-electron chi connectivity index (χ1n) is 8.35. The van der Waals surface area contributed by atoms with E-state index in [0.717, 1.165) is 53.5 Å². The maximum Gasteiger partial charge on any atom is 0.161 e. The number of hydrogen-bond donors (Lipinski definition) is 0. The molecule has 25 heavy (non-hydrogen) atoms. The number of hydrogen-bond acceptors (Lipinski definition) is 4. The molecule has 0 radical (unpaired) electrons. The minimum absolute atomic E-state index is 0. The van der Waals surface area contributed by atoms with Crippen molar-refractivity contribution < 1.29 is 4.74 Å². The van der Waals surface area contributed by atoms with Crippen molar-refractivity contribution in [3.05, 3.63) is 42.4 Å². The molecule has 0 aliphatic heterocycles. The van der Waals surface area contributed by atoms with E-state index in [0.29, 0.717) is 0 Å². The molecule has 6 heteroatoms. The van der Waals surface area contributed by atoms with Crippen LogP contribution in [0.15, 0.2) is 36.5 Å². The second-order valence-electron chi connectivity index (χ2n) is 5.95. The Balaban J connectivity index is 0.00000225.